The lowest BCUT2D eigenvalue weighted by Gasteiger charge is -2.31. The second-order valence-corrected chi connectivity index (χ2v) is 7.67. The highest BCUT2D eigenvalue weighted by molar-refractivity contribution is 5.76. The molecule has 0 saturated carbocycles. The number of piperidine rings is 1. The number of anilines is 2. The van der Waals surface area contributed by atoms with Crippen LogP contribution < -0.4 is 21.1 Å². The van der Waals surface area contributed by atoms with E-state index < -0.39 is 0 Å². The van der Waals surface area contributed by atoms with Crippen molar-refractivity contribution in [3.8, 4) is 0 Å². The van der Waals surface area contributed by atoms with Crippen LogP contribution in [0.5, 0.6) is 0 Å². The van der Waals surface area contributed by atoms with Gasteiger partial charge in [-0.25, -0.2) is 0 Å². The molecule has 28 heavy (non-hydrogen) atoms. The highest BCUT2D eigenvalue weighted by atomic mass is 16.1. The Kier molecular flexibility index (Phi) is 4.80. The van der Waals surface area contributed by atoms with Crippen molar-refractivity contribution in [1.82, 2.24) is 19.1 Å². The van der Waals surface area contributed by atoms with Crippen LogP contribution in [0.4, 0.5) is 11.9 Å². The van der Waals surface area contributed by atoms with E-state index in [9.17, 15) is 4.79 Å². The molecule has 2 N–H and O–H groups in total. The van der Waals surface area contributed by atoms with E-state index in [-0.39, 0.29) is 11.6 Å². The number of imidazole rings is 1. The third-order valence-electron chi connectivity index (χ3n) is 5.27. The van der Waals surface area contributed by atoms with Crippen LogP contribution in [0.1, 0.15) is 18.4 Å². The first-order valence-corrected chi connectivity index (χ1v) is 9.64. The van der Waals surface area contributed by atoms with E-state index >= 15 is 0 Å². The predicted octanol–water partition coefficient (Wildman–Crippen LogP) is 1.17. The molecule has 3 heterocycles. The number of rotatable bonds is 4. The zero-order chi connectivity index (χ0) is 19.8. The molecule has 0 spiro atoms. The number of hydrogen-bond donors (Lipinski definition) is 1. The maximum absolute atomic E-state index is 13.2. The van der Waals surface area contributed by atoms with Gasteiger partial charge in [0.15, 0.2) is 11.2 Å². The topological polar surface area (TPSA) is 85.2 Å². The fourth-order valence-electron chi connectivity index (χ4n) is 3.89. The minimum absolute atomic E-state index is 0.0929. The summed E-state index contributed by atoms with van der Waals surface area (Å²) < 4.78 is 3.58. The molecule has 1 fully saturated rings. The zero-order valence-corrected chi connectivity index (χ0v) is 16.7. The van der Waals surface area contributed by atoms with E-state index in [4.69, 9.17) is 10.7 Å². The van der Waals surface area contributed by atoms with Gasteiger partial charge in [-0.05, 0) is 18.4 Å². The second kappa shape index (κ2) is 7.27. The summed E-state index contributed by atoms with van der Waals surface area (Å²) in [6, 6.07) is 10.2. The molecular formula is C20H27N7O. The first kappa shape index (κ1) is 18.5. The van der Waals surface area contributed by atoms with Crippen molar-refractivity contribution in [2.24, 2.45) is 12.8 Å². The monoisotopic (exact) mass is 381 g/mol. The molecule has 1 aliphatic heterocycles. The van der Waals surface area contributed by atoms with Crippen LogP contribution >= 0.6 is 0 Å². The van der Waals surface area contributed by atoms with Gasteiger partial charge in [0, 0.05) is 40.3 Å². The first-order chi connectivity index (χ1) is 13.5. The Labute approximate surface area is 164 Å². The summed E-state index contributed by atoms with van der Waals surface area (Å²) in [7, 11) is 5.50. The molecule has 1 atom stereocenters. The standard InChI is InChI=1S/C20H27N7O/c1-24(2)19-22-17-16(18(28)25(19)3)27(12-14-8-5-4-6-9-14)20(23-17)26-11-7-10-15(21)13-26/h4-6,8-9,15H,7,10-13,21H2,1-3H3. The van der Waals surface area contributed by atoms with Crippen LogP contribution in [0.15, 0.2) is 35.1 Å². The van der Waals surface area contributed by atoms with Gasteiger partial charge in [0.05, 0.1) is 6.54 Å². The highest BCUT2D eigenvalue weighted by Crippen LogP contribution is 2.25. The smallest absolute Gasteiger partial charge is 0.281 e. The summed E-state index contributed by atoms with van der Waals surface area (Å²) in [6.45, 7) is 2.18. The molecule has 1 aromatic carbocycles. The lowest BCUT2D eigenvalue weighted by Crippen LogP contribution is -2.44. The third kappa shape index (κ3) is 3.24. The number of nitrogens with two attached hydrogens (primary N) is 1. The van der Waals surface area contributed by atoms with Crippen LogP contribution in [0.2, 0.25) is 0 Å². The van der Waals surface area contributed by atoms with Gasteiger partial charge in [-0.1, -0.05) is 30.3 Å². The van der Waals surface area contributed by atoms with Crippen molar-refractivity contribution in [3.63, 3.8) is 0 Å². The van der Waals surface area contributed by atoms with Gasteiger partial charge in [0.25, 0.3) is 5.56 Å². The zero-order valence-electron chi connectivity index (χ0n) is 16.7. The lowest BCUT2D eigenvalue weighted by atomic mass is 10.1. The van der Waals surface area contributed by atoms with Crippen molar-refractivity contribution in [1.29, 1.82) is 0 Å². The number of nitrogens with zero attached hydrogens (tertiary/aromatic N) is 6. The van der Waals surface area contributed by atoms with Gasteiger partial charge < -0.3 is 15.5 Å². The number of benzene rings is 1. The van der Waals surface area contributed by atoms with E-state index in [0.29, 0.717) is 23.7 Å². The molecular weight excluding hydrogens is 354 g/mol. The molecule has 1 aliphatic rings. The molecule has 0 radical (unpaired) electrons. The Hall–Kier alpha value is -2.87. The van der Waals surface area contributed by atoms with Crippen molar-refractivity contribution in [2.45, 2.75) is 25.4 Å². The summed E-state index contributed by atoms with van der Waals surface area (Å²) in [6.07, 6.45) is 2.03. The van der Waals surface area contributed by atoms with Crippen LogP contribution in [0.25, 0.3) is 11.2 Å². The number of fused-ring (bicyclic) bond motifs is 1. The van der Waals surface area contributed by atoms with Crippen LogP contribution in [-0.2, 0) is 13.6 Å². The first-order valence-electron chi connectivity index (χ1n) is 9.64. The SMILES string of the molecule is CN(C)c1nc2nc(N3CCCC(N)C3)n(Cc3ccccc3)c2c(=O)n1C. The van der Waals surface area contributed by atoms with Gasteiger partial charge in [-0.15, -0.1) is 0 Å². The molecule has 4 rings (SSSR count). The predicted molar refractivity (Wildman–Crippen MR) is 112 cm³/mol. The van der Waals surface area contributed by atoms with Gasteiger partial charge in [0.1, 0.15) is 0 Å². The molecule has 8 heteroatoms. The van der Waals surface area contributed by atoms with E-state index in [1.54, 1.807) is 11.6 Å². The Bertz CT molecular complexity index is 1040. The summed E-state index contributed by atoms with van der Waals surface area (Å²) in [5.41, 5.74) is 8.25. The van der Waals surface area contributed by atoms with Gasteiger partial charge in [0.2, 0.25) is 11.9 Å². The van der Waals surface area contributed by atoms with Gasteiger partial charge >= 0.3 is 0 Å². The molecule has 1 unspecified atom stereocenters. The van der Waals surface area contributed by atoms with Crippen LogP contribution in [0.3, 0.4) is 0 Å². The summed E-state index contributed by atoms with van der Waals surface area (Å²) in [5.74, 6) is 1.36. The van der Waals surface area contributed by atoms with E-state index in [2.05, 4.69) is 22.0 Å². The Morgan fingerprint density at radius 1 is 1.21 bits per heavy atom. The quantitative estimate of drug-likeness (QED) is 0.730. The maximum Gasteiger partial charge on any atom is 0.281 e. The molecule has 0 amide bonds. The molecule has 1 saturated heterocycles. The Morgan fingerprint density at radius 2 is 1.96 bits per heavy atom. The average molecular weight is 381 g/mol. The van der Waals surface area contributed by atoms with Crippen molar-refractivity contribution >= 4 is 23.1 Å². The summed E-state index contributed by atoms with van der Waals surface area (Å²) in [4.78, 5) is 26.7. The second-order valence-electron chi connectivity index (χ2n) is 7.67. The molecule has 0 bridgehead atoms. The Balaban J connectivity index is 1.92. The molecule has 0 aliphatic carbocycles. The molecule has 2 aromatic heterocycles. The largest absolute Gasteiger partial charge is 0.348 e. The number of aromatic nitrogens is 4. The normalized spacial score (nSPS) is 17.3. The minimum Gasteiger partial charge on any atom is -0.348 e. The molecule has 3 aromatic rings. The summed E-state index contributed by atoms with van der Waals surface area (Å²) >= 11 is 0. The van der Waals surface area contributed by atoms with Crippen molar-refractivity contribution < 1.29 is 0 Å². The third-order valence-corrected chi connectivity index (χ3v) is 5.27. The van der Waals surface area contributed by atoms with E-state index in [0.717, 1.165) is 37.4 Å². The van der Waals surface area contributed by atoms with Crippen LogP contribution in [-0.4, -0.2) is 52.3 Å². The maximum atomic E-state index is 13.2. The van der Waals surface area contributed by atoms with E-state index in [1.165, 1.54) is 0 Å². The van der Waals surface area contributed by atoms with Crippen molar-refractivity contribution in [2.75, 3.05) is 37.0 Å². The highest BCUT2D eigenvalue weighted by Gasteiger charge is 2.25. The molecule has 8 nitrogen and oxygen atoms in total. The molecule has 148 valence electrons. The van der Waals surface area contributed by atoms with Crippen molar-refractivity contribution in [3.05, 3.63) is 46.2 Å². The average Bonchev–Trinajstić information content (AvgIpc) is 3.03. The summed E-state index contributed by atoms with van der Waals surface area (Å²) in [5, 5.41) is 0. The van der Waals surface area contributed by atoms with E-state index in [1.807, 2.05) is 41.8 Å². The van der Waals surface area contributed by atoms with Gasteiger partial charge in [-0.3, -0.25) is 13.9 Å². The minimum atomic E-state index is -0.0929. The van der Waals surface area contributed by atoms with Gasteiger partial charge in [-0.2, -0.15) is 9.97 Å². The lowest BCUT2D eigenvalue weighted by molar-refractivity contribution is 0.495. The van der Waals surface area contributed by atoms with Crippen LogP contribution in [0, 0.1) is 0 Å². The fraction of sp³-hybridized carbons (Fsp3) is 0.450. The Morgan fingerprint density at radius 3 is 2.64 bits per heavy atom. The fourth-order valence-corrected chi connectivity index (χ4v) is 3.89. The number of hydrogen-bond acceptors (Lipinski definition) is 6.